The summed E-state index contributed by atoms with van der Waals surface area (Å²) in [5, 5.41) is 27.3. The number of anilines is 1. The van der Waals surface area contributed by atoms with E-state index < -0.39 is 53.9 Å². The number of nitrogens with zero attached hydrogens (tertiary/aromatic N) is 3. The summed E-state index contributed by atoms with van der Waals surface area (Å²) >= 11 is 2.12. The Labute approximate surface area is 210 Å². The van der Waals surface area contributed by atoms with Gasteiger partial charge in [-0.2, -0.15) is 0 Å². The summed E-state index contributed by atoms with van der Waals surface area (Å²) in [4.78, 5) is 69.4. The van der Waals surface area contributed by atoms with Crippen LogP contribution in [0.2, 0.25) is 0 Å². The topological polar surface area (TPSA) is 232 Å². The van der Waals surface area contributed by atoms with Crippen molar-refractivity contribution in [2.45, 2.75) is 17.5 Å². The third kappa shape index (κ3) is 5.50. The molecular formula is C18H20N6O10S2. The molecule has 3 heterocycles. The Kier molecular flexibility index (Phi) is 8.33. The summed E-state index contributed by atoms with van der Waals surface area (Å²) in [5.74, 6) is -3.84. The number of carboxylic acids is 2. The van der Waals surface area contributed by atoms with Crippen LogP contribution in [0.25, 0.3) is 0 Å². The maximum Gasteiger partial charge on any atom is 0.413 e. The highest BCUT2D eigenvalue weighted by Gasteiger charge is 2.55. The van der Waals surface area contributed by atoms with Gasteiger partial charge in [0.05, 0.1) is 12.9 Å². The number of methoxy groups -OCH3 is 1. The Morgan fingerprint density at radius 1 is 1.33 bits per heavy atom. The number of oxime groups is 1. The van der Waals surface area contributed by atoms with Gasteiger partial charge in [0.2, 0.25) is 0 Å². The third-order valence-corrected chi connectivity index (χ3v) is 6.74. The highest BCUT2D eigenvalue weighted by molar-refractivity contribution is 8.00. The minimum atomic E-state index is -1.40. The first-order valence-corrected chi connectivity index (χ1v) is 11.8. The molecule has 0 saturated carbocycles. The summed E-state index contributed by atoms with van der Waals surface area (Å²) < 4.78 is 9.75. The van der Waals surface area contributed by atoms with E-state index >= 15 is 0 Å². The van der Waals surface area contributed by atoms with Gasteiger partial charge in [0.25, 0.3) is 11.8 Å². The molecule has 3 rings (SSSR count). The van der Waals surface area contributed by atoms with Gasteiger partial charge in [0.1, 0.15) is 42.6 Å². The number of hydrogen-bond acceptors (Lipinski definition) is 13. The molecule has 1 aromatic heterocycles. The number of aromatic nitrogens is 1. The monoisotopic (exact) mass is 544 g/mol. The number of amides is 3. The molecule has 6 N–H and O–H groups in total. The van der Waals surface area contributed by atoms with Crippen molar-refractivity contribution in [1.82, 2.24) is 15.2 Å². The van der Waals surface area contributed by atoms with Gasteiger partial charge in [-0.15, -0.1) is 23.1 Å². The number of nitrogens with two attached hydrogens (primary N) is 1. The first-order valence-electron chi connectivity index (χ1n) is 9.84. The van der Waals surface area contributed by atoms with Crippen molar-refractivity contribution in [2.24, 2.45) is 10.9 Å². The number of carboxylic acid groups (broad SMARTS) is 2. The van der Waals surface area contributed by atoms with E-state index in [9.17, 15) is 29.1 Å². The Hall–Kier alpha value is -3.90. The lowest BCUT2D eigenvalue weighted by Gasteiger charge is -2.48. The van der Waals surface area contributed by atoms with Gasteiger partial charge < -0.3 is 35.6 Å². The van der Waals surface area contributed by atoms with Crippen molar-refractivity contribution >= 4 is 63.8 Å². The van der Waals surface area contributed by atoms with Crippen LogP contribution >= 0.6 is 23.1 Å². The summed E-state index contributed by atoms with van der Waals surface area (Å²) in [5.41, 5.74) is 4.64. The summed E-state index contributed by atoms with van der Waals surface area (Å²) in [6, 6.07) is -2.44. The van der Waals surface area contributed by atoms with E-state index in [1.165, 1.54) is 31.4 Å². The molecular weight excluding hydrogens is 524 g/mol. The van der Waals surface area contributed by atoms with Crippen molar-refractivity contribution in [2.75, 3.05) is 31.9 Å². The molecule has 36 heavy (non-hydrogen) atoms. The molecule has 0 spiro atoms. The normalized spacial score (nSPS) is 20.0. The average molecular weight is 545 g/mol. The predicted octanol–water partition coefficient (Wildman–Crippen LogP) is -1.20. The molecule has 1 fully saturated rings. The van der Waals surface area contributed by atoms with Gasteiger partial charge in [0, 0.05) is 5.38 Å². The highest BCUT2D eigenvalue weighted by atomic mass is 32.2. The van der Waals surface area contributed by atoms with Crippen LogP contribution in [0.15, 0.2) is 22.0 Å². The van der Waals surface area contributed by atoms with E-state index in [-0.39, 0.29) is 33.7 Å². The minimum absolute atomic E-state index is 0.00689. The van der Waals surface area contributed by atoms with Crippen molar-refractivity contribution in [3.63, 3.8) is 0 Å². The van der Waals surface area contributed by atoms with Crippen LogP contribution in [-0.4, -0.2) is 99.7 Å². The zero-order valence-corrected chi connectivity index (χ0v) is 20.3. The van der Waals surface area contributed by atoms with Gasteiger partial charge in [-0.05, 0) is 0 Å². The van der Waals surface area contributed by atoms with Crippen molar-refractivity contribution < 1.29 is 48.5 Å². The summed E-state index contributed by atoms with van der Waals surface area (Å²) in [6.07, 6.45) is -1.02. The molecule has 1 aromatic rings. The Morgan fingerprint density at radius 2 is 2.06 bits per heavy atom. The van der Waals surface area contributed by atoms with Crippen LogP contribution in [0.3, 0.4) is 0 Å². The Morgan fingerprint density at radius 3 is 2.67 bits per heavy atom. The van der Waals surface area contributed by atoms with Crippen LogP contribution in [0, 0.1) is 0 Å². The number of rotatable bonds is 10. The molecule has 0 unspecified atom stereocenters. The smallest absolute Gasteiger partial charge is 0.413 e. The van der Waals surface area contributed by atoms with Crippen LogP contribution in [0.4, 0.5) is 9.93 Å². The molecule has 2 aliphatic rings. The lowest BCUT2D eigenvalue weighted by Crippen LogP contribution is -2.71. The molecule has 0 radical (unpaired) electrons. The molecule has 3 atom stereocenters. The van der Waals surface area contributed by atoms with E-state index in [2.05, 4.69) is 25.5 Å². The fraction of sp³-hybridized carbons (Fsp3) is 0.389. The molecule has 18 heteroatoms. The number of thiazole rings is 1. The third-order valence-electron chi connectivity index (χ3n) is 4.73. The zero-order valence-electron chi connectivity index (χ0n) is 18.6. The zero-order chi connectivity index (χ0) is 26.6. The molecule has 2 aliphatic heterocycles. The van der Waals surface area contributed by atoms with Crippen molar-refractivity contribution in [3.8, 4) is 0 Å². The lowest BCUT2D eigenvalue weighted by molar-refractivity contribution is -0.150. The average Bonchev–Trinajstić information content (AvgIpc) is 3.30. The fourth-order valence-corrected chi connectivity index (χ4v) is 5.05. The first-order chi connectivity index (χ1) is 17.1. The SMILES string of the molecule is CON=C(C(=O)N[C@@H]1C(=O)N2C(C(=O)O)=C(OC)CS[C@@H]12)c1csc(NC(=O)OC[C@@H](N)C(=O)O)n1. The van der Waals surface area contributed by atoms with Gasteiger partial charge in [-0.3, -0.25) is 24.6 Å². The van der Waals surface area contributed by atoms with Gasteiger partial charge in [-0.1, -0.05) is 5.16 Å². The number of fused-ring (bicyclic) bond motifs is 1. The van der Waals surface area contributed by atoms with E-state index in [0.29, 0.717) is 0 Å². The summed E-state index contributed by atoms with van der Waals surface area (Å²) in [7, 11) is 2.49. The van der Waals surface area contributed by atoms with Crippen molar-refractivity contribution in [3.05, 3.63) is 22.5 Å². The lowest BCUT2D eigenvalue weighted by atomic mass is 10.0. The number of nitrogens with one attached hydrogen (secondary N) is 2. The van der Waals surface area contributed by atoms with E-state index in [4.69, 9.17) is 20.4 Å². The number of aliphatic carboxylic acids is 2. The van der Waals surface area contributed by atoms with E-state index in [0.717, 1.165) is 16.2 Å². The number of thioether (sulfide) groups is 1. The van der Waals surface area contributed by atoms with Crippen LogP contribution in [0.1, 0.15) is 5.69 Å². The molecule has 16 nitrogen and oxygen atoms in total. The van der Waals surface area contributed by atoms with E-state index in [1.54, 1.807) is 0 Å². The second-order valence-electron chi connectivity index (χ2n) is 6.97. The number of hydrogen-bond donors (Lipinski definition) is 5. The second kappa shape index (κ2) is 11.2. The van der Waals surface area contributed by atoms with Crippen molar-refractivity contribution in [1.29, 1.82) is 0 Å². The standard InChI is InChI=1S/C18H20N6O10S2/c1-32-8-5-35-14-10(13(26)24(14)11(8)16(29)30)21-12(25)9(23-33-2)7-4-36-17(20-7)22-18(31)34-3-6(19)15(27)28/h4,6,10,14H,3,5,19H2,1-2H3,(H,21,25)(H,27,28)(H,29,30)(H,20,22,31)/t6-,10-,14+/m1/s1. The van der Waals surface area contributed by atoms with Gasteiger partial charge >= 0.3 is 18.0 Å². The number of carbonyl (C=O) groups is 5. The molecule has 0 bridgehead atoms. The fourth-order valence-electron chi connectivity index (χ4n) is 3.05. The molecule has 194 valence electrons. The van der Waals surface area contributed by atoms with Crippen LogP contribution in [0.5, 0.6) is 0 Å². The van der Waals surface area contributed by atoms with E-state index in [1.807, 2.05) is 0 Å². The molecule has 1 saturated heterocycles. The maximum absolute atomic E-state index is 12.9. The molecule has 0 aliphatic carbocycles. The number of carbonyl (C=O) groups excluding carboxylic acids is 3. The van der Waals surface area contributed by atoms with Gasteiger partial charge in [-0.25, -0.2) is 14.6 Å². The molecule has 3 amide bonds. The number of β-lactam (4-membered cyclic amide) rings is 1. The first kappa shape index (κ1) is 26.7. The largest absolute Gasteiger partial charge is 0.498 e. The second-order valence-corrected chi connectivity index (χ2v) is 8.93. The number of ether oxygens (including phenoxy) is 2. The highest BCUT2D eigenvalue weighted by Crippen LogP contribution is 2.40. The maximum atomic E-state index is 12.9. The van der Waals surface area contributed by atoms with Crippen LogP contribution in [-0.2, 0) is 33.5 Å². The van der Waals surface area contributed by atoms with Gasteiger partial charge in [0.15, 0.2) is 16.5 Å². The Bertz CT molecular complexity index is 1150. The Balaban J connectivity index is 1.67. The minimum Gasteiger partial charge on any atom is -0.498 e. The predicted molar refractivity (Wildman–Crippen MR) is 123 cm³/mol. The molecule has 0 aromatic carbocycles. The summed E-state index contributed by atoms with van der Waals surface area (Å²) in [6.45, 7) is -0.575. The van der Waals surface area contributed by atoms with Crippen LogP contribution < -0.4 is 16.4 Å². The quantitative estimate of drug-likeness (QED) is 0.132.